The largest absolute Gasteiger partial charge is 0.465 e. The molecule has 0 aliphatic rings. The van der Waals surface area contributed by atoms with Gasteiger partial charge in [-0.1, -0.05) is 35.6 Å². The van der Waals surface area contributed by atoms with Gasteiger partial charge in [-0.3, -0.25) is 4.79 Å². The summed E-state index contributed by atoms with van der Waals surface area (Å²) >= 11 is 5.82. The van der Waals surface area contributed by atoms with Crippen molar-refractivity contribution < 1.29 is 14.6 Å². The van der Waals surface area contributed by atoms with Gasteiger partial charge in [0.1, 0.15) is 5.41 Å². The molecular weight excluding hydrogens is 288 g/mol. The third-order valence-electron chi connectivity index (χ3n) is 2.85. The maximum absolute atomic E-state index is 12.1. The molecule has 0 aliphatic heterocycles. The van der Waals surface area contributed by atoms with Crippen LogP contribution in [0, 0.1) is 17.3 Å². The molecule has 1 unspecified atom stereocenters. The molecule has 0 saturated carbocycles. The van der Waals surface area contributed by atoms with Crippen LogP contribution in [0.3, 0.4) is 0 Å². The monoisotopic (exact) mass is 306 g/mol. The standard InChI is InChI=1S/C17H19ClO3/c1-3-21-16(20)17(2,11-4-5-13-19)12-10-14-6-8-15(18)9-7-14/h4-9,19H,3,11,13H2,1-2H3/b5-4-. The number of halogens is 1. The first-order chi connectivity index (χ1) is 10.0. The molecule has 4 heteroatoms. The molecule has 0 aliphatic carbocycles. The van der Waals surface area contributed by atoms with Gasteiger partial charge in [-0.05, 0) is 44.5 Å². The summed E-state index contributed by atoms with van der Waals surface area (Å²) < 4.78 is 5.09. The molecule has 0 radical (unpaired) electrons. The van der Waals surface area contributed by atoms with Gasteiger partial charge in [0.05, 0.1) is 13.2 Å². The molecule has 1 aromatic rings. The number of aliphatic hydroxyl groups excluding tert-OH is 1. The van der Waals surface area contributed by atoms with Crippen molar-refractivity contribution in [3.8, 4) is 11.8 Å². The van der Waals surface area contributed by atoms with Crippen LogP contribution in [0.2, 0.25) is 5.02 Å². The zero-order valence-corrected chi connectivity index (χ0v) is 13.0. The predicted molar refractivity (Wildman–Crippen MR) is 83.9 cm³/mol. The molecule has 21 heavy (non-hydrogen) atoms. The van der Waals surface area contributed by atoms with E-state index in [-0.39, 0.29) is 12.6 Å². The fourth-order valence-corrected chi connectivity index (χ4v) is 1.74. The number of carbonyl (C=O) groups excluding carboxylic acids is 1. The van der Waals surface area contributed by atoms with Crippen molar-refractivity contribution in [2.45, 2.75) is 20.3 Å². The van der Waals surface area contributed by atoms with Crippen LogP contribution in [0.1, 0.15) is 25.8 Å². The summed E-state index contributed by atoms with van der Waals surface area (Å²) in [4.78, 5) is 12.1. The third kappa shape index (κ3) is 5.63. The smallest absolute Gasteiger partial charge is 0.324 e. The van der Waals surface area contributed by atoms with E-state index in [2.05, 4.69) is 11.8 Å². The highest BCUT2D eigenvalue weighted by molar-refractivity contribution is 6.30. The lowest BCUT2D eigenvalue weighted by Gasteiger charge is -2.19. The molecular formula is C17H19ClO3. The molecule has 0 bridgehead atoms. The zero-order valence-electron chi connectivity index (χ0n) is 12.2. The van der Waals surface area contributed by atoms with Gasteiger partial charge >= 0.3 is 5.97 Å². The Kier molecular flexibility index (Phi) is 7.01. The Morgan fingerprint density at radius 1 is 1.38 bits per heavy atom. The first kappa shape index (κ1) is 17.3. The molecule has 112 valence electrons. The Hall–Kier alpha value is -1.76. The number of aliphatic hydroxyl groups is 1. The Morgan fingerprint density at radius 3 is 2.62 bits per heavy atom. The Bertz CT molecular complexity index is 552. The second-order valence-electron chi connectivity index (χ2n) is 4.67. The summed E-state index contributed by atoms with van der Waals surface area (Å²) in [5.41, 5.74) is -0.164. The minimum Gasteiger partial charge on any atom is -0.465 e. The Balaban J connectivity index is 2.99. The highest BCUT2D eigenvalue weighted by Gasteiger charge is 2.31. The first-order valence-electron chi connectivity index (χ1n) is 6.73. The van der Waals surface area contributed by atoms with Gasteiger partial charge in [-0.15, -0.1) is 0 Å². The van der Waals surface area contributed by atoms with Crippen LogP contribution >= 0.6 is 11.6 Å². The molecule has 1 atom stereocenters. The number of benzene rings is 1. The first-order valence-corrected chi connectivity index (χ1v) is 7.11. The van der Waals surface area contributed by atoms with Crippen molar-refractivity contribution in [1.82, 2.24) is 0 Å². The zero-order chi connectivity index (χ0) is 15.7. The lowest BCUT2D eigenvalue weighted by Crippen LogP contribution is -2.28. The minimum atomic E-state index is -0.943. The van der Waals surface area contributed by atoms with Crippen molar-refractivity contribution in [3.05, 3.63) is 47.0 Å². The molecule has 3 nitrogen and oxygen atoms in total. The number of hydrogen-bond donors (Lipinski definition) is 1. The number of esters is 1. The average Bonchev–Trinajstić information content (AvgIpc) is 2.47. The van der Waals surface area contributed by atoms with Gasteiger partial charge in [-0.25, -0.2) is 0 Å². The van der Waals surface area contributed by atoms with Crippen LogP contribution in [0.25, 0.3) is 0 Å². The summed E-state index contributed by atoms with van der Waals surface area (Å²) in [5.74, 6) is 5.58. The topological polar surface area (TPSA) is 46.5 Å². The molecule has 0 fully saturated rings. The molecule has 1 N–H and O–H groups in total. The van der Waals surface area contributed by atoms with Crippen LogP contribution in [0.15, 0.2) is 36.4 Å². The fraction of sp³-hybridized carbons (Fsp3) is 0.353. The summed E-state index contributed by atoms with van der Waals surface area (Å²) in [5, 5.41) is 9.43. The van der Waals surface area contributed by atoms with Gasteiger partial charge in [-0.2, -0.15) is 0 Å². The van der Waals surface area contributed by atoms with Crippen LogP contribution in [0.4, 0.5) is 0 Å². The summed E-state index contributed by atoms with van der Waals surface area (Å²) in [7, 11) is 0. The second-order valence-corrected chi connectivity index (χ2v) is 5.10. The van der Waals surface area contributed by atoms with E-state index in [0.717, 1.165) is 5.56 Å². The number of hydrogen-bond acceptors (Lipinski definition) is 3. The van der Waals surface area contributed by atoms with Gasteiger partial charge in [0.15, 0.2) is 0 Å². The Morgan fingerprint density at radius 2 is 2.05 bits per heavy atom. The third-order valence-corrected chi connectivity index (χ3v) is 3.10. The Labute approximate surface area is 130 Å². The fourth-order valence-electron chi connectivity index (χ4n) is 1.61. The maximum Gasteiger partial charge on any atom is 0.324 e. The van der Waals surface area contributed by atoms with Crippen molar-refractivity contribution in [2.75, 3.05) is 13.2 Å². The number of ether oxygens (including phenoxy) is 1. The van der Waals surface area contributed by atoms with Gasteiger partial charge in [0.25, 0.3) is 0 Å². The molecule has 0 heterocycles. The van der Waals surface area contributed by atoms with Crippen LogP contribution in [-0.2, 0) is 9.53 Å². The normalized spacial score (nSPS) is 13.3. The molecule has 1 rings (SSSR count). The van der Waals surface area contributed by atoms with Crippen molar-refractivity contribution in [2.24, 2.45) is 5.41 Å². The van der Waals surface area contributed by atoms with Gasteiger partial charge in [0, 0.05) is 10.6 Å². The summed E-state index contributed by atoms with van der Waals surface area (Å²) in [6, 6.07) is 7.09. The minimum absolute atomic E-state index is 0.0660. The van der Waals surface area contributed by atoms with E-state index >= 15 is 0 Å². The highest BCUT2D eigenvalue weighted by Crippen LogP contribution is 2.23. The van der Waals surface area contributed by atoms with Crippen molar-refractivity contribution >= 4 is 17.6 Å². The number of carbonyl (C=O) groups is 1. The molecule has 1 aromatic carbocycles. The van der Waals surface area contributed by atoms with Gasteiger partial charge in [0.2, 0.25) is 0 Å². The lowest BCUT2D eigenvalue weighted by atomic mass is 9.87. The predicted octanol–water partition coefficient (Wildman–Crippen LogP) is 3.20. The molecule has 0 saturated heterocycles. The van der Waals surface area contributed by atoms with E-state index in [1.54, 1.807) is 50.3 Å². The average molecular weight is 307 g/mol. The maximum atomic E-state index is 12.1. The van der Waals surface area contributed by atoms with Crippen LogP contribution in [0.5, 0.6) is 0 Å². The van der Waals surface area contributed by atoms with Gasteiger partial charge < -0.3 is 9.84 Å². The quantitative estimate of drug-likeness (QED) is 0.516. The SMILES string of the molecule is CCOC(=O)C(C)(C#Cc1ccc(Cl)cc1)C/C=C\CO. The number of allylic oxidation sites excluding steroid dienone is 1. The van der Waals surface area contributed by atoms with Crippen LogP contribution < -0.4 is 0 Å². The van der Waals surface area contributed by atoms with E-state index in [1.807, 2.05) is 0 Å². The van der Waals surface area contributed by atoms with Crippen LogP contribution in [-0.4, -0.2) is 24.3 Å². The van der Waals surface area contributed by atoms with E-state index in [1.165, 1.54) is 0 Å². The molecule has 0 amide bonds. The van der Waals surface area contributed by atoms with Crippen molar-refractivity contribution in [1.29, 1.82) is 0 Å². The molecule has 0 aromatic heterocycles. The highest BCUT2D eigenvalue weighted by atomic mass is 35.5. The van der Waals surface area contributed by atoms with E-state index in [4.69, 9.17) is 21.4 Å². The second kappa shape index (κ2) is 8.51. The number of rotatable bonds is 5. The lowest BCUT2D eigenvalue weighted by molar-refractivity contribution is -0.150. The molecule has 0 spiro atoms. The van der Waals surface area contributed by atoms with E-state index < -0.39 is 5.41 Å². The van der Waals surface area contributed by atoms with E-state index in [0.29, 0.717) is 18.1 Å². The summed E-state index contributed by atoms with van der Waals surface area (Å²) in [6.07, 6.45) is 3.70. The van der Waals surface area contributed by atoms with E-state index in [9.17, 15) is 4.79 Å². The summed E-state index contributed by atoms with van der Waals surface area (Å²) in [6.45, 7) is 3.73. The van der Waals surface area contributed by atoms with Crippen molar-refractivity contribution in [3.63, 3.8) is 0 Å².